The molecule has 0 bridgehead atoms. The molecule has 244 valence electrons. The van der Waals surface area contributed by atoms with Crippen LogP contribution in [0.25, 0.3) is 10.9 Å². The van der Waals surface area contributed by atoms with Crippen LogP contribution in [0.15, 0.2) is 59.5 Å². The molecule has 0 aliphatic rings. The van der Waals surface area contributed by atoms with E-state index in [1.165, 1.54) is 7.11 Å². The highest BCUT2D eigenvalue weighted by Gasteiger charge is 2.28. The van der Waals surface area contributed by atoms with Gasteiger partial charge in [-0.2, -0.15) is 4.98 Å². The molecule has 0 saturated carbocycles. The van der Waals surface area contributed by atoms with Gasteiger partial charge in [0.25, 0.3) is 5.56 Å². The van der Waals surface area contributed by atoms with Gasteiger partial charge in [0.1, 0.15) is 35.6 Å². The molecule has 2 heterocycles. The molecule has 11 heteroatoms. The van der Waals surface area contributed by atoms with Gasteiger partial charge in [-0.1, -0.05) is 44.5 Å². The third kappa shape index (κ3) is 8.21. The molecule has 4 rings (SSSR count). The molecule has 0 aliphatic carbocycles. The average molecular weight is 630 g/mol. The van der Waals surface area contributed by atoms with Gasteiger partial charge in [0, 0.05) is 23.9 Å². The molecule has 2 aromatic carbocycles. The summed E-state index contributed by atoms with van der Waals surface area (Å²) < 4.78 is 18.0. The minimum absolute atomic E-state index is 0.123. The molecule has 0 fully saturated rings. The predicted octanol–water partition coefficient (Wildman–Crippen LogP) is 5.84. The van der Waals surface area contributed by atoms with Crippen molar-refractivity contribution in [2.24, 2.45) is 5.41 Å². The van der Waals surface area contributed by atoms with Crippen LogP contribution >= 0.6 is 0 Å². The monoisotopic (exact) mass is 629 g/mol. The first-order valence-electron chi connectivity index (χ1n) is 15.5. The highest BCUT2D eigenvalue weighted by atomic mass is 16.5. The van der Waals surface area contributed by atoms with E-state index >= 15 is 0 Å². The van der Waals surface area contributed by atoms with Crippen molar-refractivity contribution in [3.8, 4) is 11.5 Å². The fraction of sp³-hybridized carbons (Fsp3) is 0.400. The van der Waals surface area contributed by atoms with Gasteiger partial charge in [0.05, 0.1) is 37.7 Å². The van der Waals surface area contributed by atoms with Crippen molar-refractivity contribution >= 4 is 34.9 Å². The van der Waals surface area contributed by atoms with Gasteiger partial charge < -0.3 is 29.4 Å². The van der Waals surface area contributed by atoms with Gasteiger partial charge in [0.15, 0.2) is 0 Å². The van der Waals surface area contributed by atoms with Crippen molar-refractivity contribution in [1.82, 2.24) is 14.5 Å². The summed E-state index contributed by atoms with van der Waals surface area (Å²) in [5.41, 5.74) is 1.76. The van der Waals surface area contributed by atoms with Crippen LogP contribution in [-0.2, 0) is 22.6 Å². The van der Waals surface area contributed by atoms with E-state index in [2.05, 4.69) is 15.6 Å². The summed E-state index contributed by atoms with van der Waals surface area (Å²) in [6.45, 7) is 8.50. The highest BCUT2D eigenvalue weighted by molar-refractivity contribution is 5.89. The molecule has 4 aromatic rings. The number of hydrogen-bond donors (Lipinski definition) is 2. The number of nitrogens with zero attached hydrogens (tertiary/aromatic N) is 3. The number of rotatable bonds is 16. The van der Waals surface area contributed by atoms with Crippen LogP contribution in [0.4, 0.5) is 11.8 Å². The summed E-state index contributed by atoms with van der Waals surface area (Å²) in [6.07, 6.45) is 4.58. The zero-order valence-corrected chi connectivity index (χ0v) is 27.4. The Balaban J connectivity index is 1.72. The van der Waals surface area contributed by atoms with Gasteiger partial charge in [-0.25, -0.2) is 4.98 Å². The van der Waals surface area contributed by atoms with E-state index in [9.17, 15) is 14.4 Å². The second kappa shape index (κ2) is 15.4. The molecule has 0 spiro atoms. The Labute approximate surface area is 269 Å². The Morgan fingerprint density at radius 3 is 2.46 bits per heavy atom. The lowest BCUT2D eigenvalue weighted by molar-refractivity contribution is -0.154. The Bertz CT molecular complexity index is 1720. The quantitative estimate of drug-likeness (QED) is 0.115. The molecule has 0 unspecified atom stereocenters. The van der Waals surface area contributed by atoms with Gasteiger partial charge in [0.2, 0.25) is 5.95 Å². The average Bonchev–Trinajstić information content (AvgIpc) is 3.07. The zero-order chi connectivity index (χ0) is 33.3. The van der Waals surface area contributed by atoms with Crippen LogP contribution in [0.2, 0.25) is 0 Å². The lowest BCUT2D eigenvalue weighted by Gasteiger charge is -2.24. The van der Waals surface area contributed by atoms with Crippen molar-refractivity contribution in [3.05, 3.63) is 81.8 Å². The second-order valence-corrected chi connectivity index (χ2v) is 11.8. The van der Waals surface area contributed by atoms with E-state index in [1.54, 1.807) is 42.1 Å². The number of aromatic nitrogens is 3. The minimum atomic E-state index is -0.602. The molecule has 46 heavy (non-hydrogen) atoms. The maximum absolute atomic E-state index is 14.0. The molecule has 2 N–H and O–H groups in total. The molecule has 2 aromatic heterocycles. The Hall–Kier alpha value is -4.93. The third-order valence-corrected chi connectivity index (χ3v) is 8.05. The van der Waals surface area contributed by atoms with Gasteiger partial charge in [-0.05, 0) is 56.5 Å². The third-order valence-electron chi connectivity index (χ3n) is 8.05. The maximum Gasteiger partial charge on any atom is 0.311 e. The maximum atomic E-state index is 14.0. The topological polar surface area (TPSA) is 134 Å². The van der Waals surface area contributed by atoms with E-state index in [1.807, 2.05) is 52.0 Å². The first-order chi connectivity index (χ1) is 22.1. The summed E-state index contributed by atoms with van der Waals surface area (Å²) >= 11 is 0. The lowest BCUT2D eigenvalue weighted by Crippen LogP contribution is -2.33. The second-order valence-electron chi connectivity index (χ2n) is 11.8. The fourth-order valence-corrected chi connectivity index (χ4v) is 4.82. The van der Waals surface area contributed by atoms with E-state index in [0.717, 1.165) is 29.6 Å². The molecule has 1 atom stereocenters. The van der Waals surface area contributed by atoms with Crippen molar-refractivity contribution in [2.45, 2.75) is 66.1 Å². The summed E-state index contributed by atoms with van der Waals surface area (Å²) in [6, 6.07) is 14.2. The predicted molar refractivity (Wildman–Crippen MR) is 179 cm³/mol. The Kier molecular flexibility index (Phi) is 11.3. The summed E-state index contributed by atoms with van der Waals surface area (Å²) in [5, 5.41) is 6.99. The molecule has 0 radical (unpaired) electrons. The standard InChI is InChI=1S/C35H43N5O6/c1-7-9-26(22-46-33(43)35(3,4)8-2)37-31-30-28(38-34(39-31)36-19-23-11-14-27(44-5)15-12-23)16-17-40(32(30)42)20-25-13-10-24(21-41)18-29(25)45-6/h10-18,21,26H,7-9,19-20,22H2,1-6H3,(H2,36,37,38,39)/t26-/m0/s1. The SMILES string of the molecule is CCC[C@@H](COC(=O)C(C)(C)CC)Nc1nc(NCc2ccc(OC)cc2)nc2ccn(Cc3ccc(C=O)cc3OC)c(=O)c12. The first-order valence-corrected chi connectivity index (χ1v) is 15.5. The lowest BCUT2D eigenvalue weighted by atomic mass is 9.91. The smallest absolute Gasteiger partial charge is 0.311 e. The number of benzene rings is 2. The Morgan fingerprint density at radius 1 is 1.04 bits per heavy atom. The van der Waals surface area contributed by atoms with Gasteiger partial charge in [-0.15, -0.1) is 0 Å². The molecule has 11 nitrogen and oxygen atoms in total. The number of nitrogens with one attached hydrogen (secondary N) is 2. The summed E-state index contributed by atoms with van der Waals surface area (Å²) in [4.78, 5) is 47.5. The van der Waals surface area contributed by atoms with E-state index in [0.29, 0.717) is 53.4 Å². The number of carbonyl (C=O) groups excluding carboxylic acids is 2. The van der Waals surface area contributed by atoms with Crippen LogP contribution in [0.3, 0.4) is 0 Å². The highest BCUT2D eigenvalue weighted by Crippen LogP contribution is 2.25. The van der Waals surface area contributed by atoms with Crippen molar-refractivity contribution < 1.29 is 23.8 Å². The normalized spacial score (nSPS) is 12.0. The van der Waals surface area contributed by atoms with Crippen LogP contribution in [0.5, 0.6) is 11.5 Å². The number of ether oxygens (including phenoxy) is 3. The van der Waals surface area contributed by atoms with Crippen LogP contribution < -0.4 is 25.7 Å². The van der Waals surface area contributed by atoms with E-state index in [-0.39, 0.29) is 30.7 Å². The molecule has 0 aliphatic heterocycles. The number of hydrogen-bond acceptors (Lipinski definition) is 10. The number of anilines is 2. The van der Waals surface area contributed by atoms with Crippen molar-refractivity contribution in [2.75, 3.05) is 31.5 Å². The van der Waals surface area contributed by atoms with Gasteiger partial charge in [-0.3, -0.25) is 14.4 Å². The number of methoxy groups -OCH3 is 2. The molecule has 0 saturated heterocycles. The van der Waals surface area contributed by atoms with Crippen molar-refractivity contribution in [3.63, 3.8) is 0 Å². The number of carbonyl (C=O) groups is 2. The minimum Gasteiger partial charge on any atom is -0.497 e. The van der Waals surface area contributed by atoms with Gasteiger partial charge >= 0.3 is 5.97 Å². The van der Waals surface area contributed by atoms with E-state index < -0.39 is 5.41 Å². The molecule has 0 amide bonds. The fourth-order valence-electron chi connectivity index (χ4n) is 4.82. The van der Waals surface area contributed by atoms with Crippen LogP contribution in [0.1, 0.15) is 68.4 Å². The Morgan fingerprint density at radius 2 is 1.80 bits per heavy atom. The van der Waals surface area contributed by atoms with E-state index in [4.69, 9.17) is 19.2 Å². The van der Waals surface area contributed by atoms with Crippen LogP contribution in [0, 0.1) is 5.41 Å². The molecular weight excluding hydrogens is 586 g/mol. The zero-order valence-electron chi connectivity index (χ0n) is 27.4. The molecular formula is C35H43N5O6. The summed E-state index contributed by atoms with van der Waals surface area (Å²) in [7, 11) is 3.14. The largest absolute Gasteiger partial charge is 0.497 e. The number of fused-ring (bicyclic) bond motifs is 1. The first kappa shape index (κ1) is 34.0. The number of aldehydes is 1. The summed E-state index contributed by atoms with van der Waals surface area (Å²) in [5.74, 6) is 1.67. The van der Waals surface area contributed by atoms with Crippen LogP contribution in [-0.4, -0.2) is 53.7 Å². The van der Waals surface area contributed by atoms with Crippen molar-refractivity contribution in [1.29, 1.82) is 0 Å². The number of esters is 1. The number of pyridine rings is 1.